The first-order chi connectivity index (χ1) is 12.7. The van der Waals surface area contributed by atoms with Crippen molar-refractivity contribution in [3.8, 4) is 5.82 Å². The fraction of sp³-hybridized carbons (Fsp3) is 0.353. The summed E-state index contributed by atoms with van der Waals surface area (Å²) in [6.07, 6.45) is 5.12. The van der Waals surface area contributed by atoms with Crippen molar-refractivity contribution in [2.75, 3.05) is 23.3 Å². The molecular weight excluding hydrogens is 350 g/mol. The average Bonchev–Trinajstić information content (AvgIpc) is 3.34. The van der Waals surface area contributed by atoms with Crippen molar-refractivity contribution in [3.05, 3.63) is 41.7 Å². The molecule has 0 atom stereocenters. The van der Waals surface area contributed by atoms with Crippen LogP contribution in [0.25, 0.3) is 5.82 Å². The van der Waals surface area contributed by atoms with Crippen LogP contribution in [0, 0.1) is 12.8 Å². The van der Waals surface area contributed by atoms with Gasteiger partial charge in [-0.3, -0.25) is 4.79 Å². The second-order valence-corrected chi connectivity index (χ2v) is 7.10. The second-order valence-electron chi connectivity index (χ2n) is 6.24. The number of anilines is 2. The van der Waals surface area contributed by atoms with Gasteiger partial charge in [-0.05, 0) is 38.0 Å². The van der Waals surface area contributed by atoms with Gasteiger partial charge in [0.25, 0.3) is 0 Å². The van der Waals surface area contributed by atoms with Gasteiger partial charge in [0, 0.05) is 36.8 Å². The number of nitrogens with zero attached hydrogens (tertiary/aromatic N) is 6. The Kier molecular flexibility index (Phi) is 4.61. The van der Waals surface area contributed by atoms with Gasteiger partial charge in [0.1, 0.15) is 0 Å². The zero-order chi connectivity index (χ0) is 17.9. The lowest BCUT2D eigenvalue weighted by atomic mass is 9.96. The Morgan fingerprint density at radius 3 is 2.62 bits per heavy atom. The van der Waals surface area contributed by atoms with E-state index in [9.17, 15) is 4.79 Å². The summed E-state index contributed by atoms with van der Waals surface area (Å²) in [5, 5.41) is 18.2. The standard InChI is InChI=1S/C17H19N7OS/c1-12-11-26-17(19-12)20-16(25)13-5-9-23(10-6-13)14-3-4-15(22-21-14)24-8-2-7-18-24/h2-4,7-8,11,13H,5-6,9-10H2,1H3,(H,19,20,25). The van der Waals surface area contributed by atoms with Gasteiger partial charge in [-0.15, -0.1) is 21.5 Å². The Morgan fingerprint density at radius 1 is 1.23 bits per heavy atom. The lowest BCUT2D eigenvalue weighted by molar-refractivity contribution is -0.120. The third kappa shape index (κ3) is 3.57. The largest absolute Gasteiger partial charge is 0.355 e. The summed E-state index contributed by atoms with van der Waals surface area (Å²) in [4.78, 5) is 18.8. The van der Waals surface area contributed by atoms with E-state index < -0.39 is 0 Å². The molecule has 1 aliphatic heterocycles. The maximum Gasteiger partial charge on any atom is 0.229 e. The van der Waals surface area contributed by atoms with E-state index >= 15 is 0 Å². The molecule has 1 saturated heterocycles. The molecule has 0 saturated carbocycles. The summed E-state index contributed by atoms with van der Waals surface area (Å²) in [6.45, 7) is 3.48. The zero-order valence-corrected chi connectivity index (χ0v) is 15.2. The van der Waals surface area contributed by atoms with Crippen molar-refractivity contribution in [3.63, 3.8) is 0 Å². The smallest absolute Gasteiger partial charge is 0.229 e. The number of amides is 1. The SMILES string of the molecule is Cc1csc(NC(=O)C2CCN(c3ccc(-n4cccn4)nn3)CC2)n1. The van der Waals surface area contributed by atoms with Crippen LogP contribution in [0.1, 0.15) is 18.5 Å². The lowest BCUT2D eigenvalue weighted by Crippen LogP contribution is -2.38. The normalized spacial score (nSPS) is 15.2. The predicted octanol–water partition coefficient (Wildman–Crippen LogP) is 2.28. The molecule has 0 aliphatic carbocycles. The molecule has 9 heteroatoms. The van der Waals surface area contributed by atoms with E-state index in [4.69, 9.17) is 0 Å². The number of thiazole rings is 1. The Balaban J connectivity index is 1.33. The lowest BCUT2D eigenvalue weighted by Gasteiger charge is -2.31. The van der Waals surface area contributed by atoms with Crippen molar-refractivity contribution in [1.82, 2.24) is 25.0 Å². The number of carbonyl (C=O) groups excluding carboxylic acids is 1. The van der Waals surface area contributed by atoms with Crippen LogP contribution in [0.4, 0.5) is 10.9 Å². The van der Waals surface area contributed by atoms with Crippen LogP contribution in [-0.2, 0) is 4.79 Å². The van der Waals surface area contributed by atoms with E-state index in [0.717, 1.165) is 37.4 Å². The molecule has 0 unspecified atom stereocenters. The zero-order valence-electron chi connectivity index (χ0n) is 14.4. The van der Waals surface area contributed by atoms with Gasteiger partial charge >= 0.3 is 0 Å². The van der Waals surface area contributed by atoms with E-state index in [2.05, 4.69) is 30.5 Å². The first-order valence-electron chi connectivity index (χ1n) is 8.51. The van der Waals surface area contributed by atoms with Gasteiger partial charge in [-0.1, -0.05) is 0 Å². The van der Waals surface area contributed by atoms with Crippen molar-refractivity contribution < 1.29 is 4.79 Å². The molecule has 134 valence electrons. The number of hydrogen-bond acceptors (Lipinski definition) is 7. The topological polar surface area (TPSA) is 88.8 Å². The third-order valence-corrected chi connectivity index (χ3v) is 5.29. The van der Waals surface area contributed by atoms with Crippen LogP contribution >= 0.6 is 11.3 Å². The number of nitrogens with one attached hydrogen (secondary N) is 1. The summed E-state index contributed by atoms with van der Waals surface area (Å²) >= 11 is 1.46. The van der Waals surface area contributed by atoms with Gasteiger partial charge in [0.2, 0.25) is 5.91 Å². The van der Waals surface area contributed by atoms with E-state index in [1.54, 1.807) is 10.9 Å². The highest BCUT2D eigenvalue weighted by Gasteiger charge is 2.26. The van der Waals surface area contributed by atoms with Crippen molar-refractivity contribution in [1.29, 1.82) is 0 Å². The first kappa shape index (κ1) is 16.6. The van der Waals surface area contributed by atoms with Crippen LogP contribution in [0.3, 0.4) is 0 Å². The van der Waals surface area contributed by atoms with Gasteiger partial charge in [0.05, 0.1) is 5.69 Å². The van der Waals surface area contributed by atoms with E-state index in [1.165, 1.54) is 11.3 Å². The summed E-state index contributed by atoms with van der Waals surface area (Å²) in [5.41, 5.74) is 0.928. The highest BCUT2D eigenvalue weighted by molar-refractivity contribution is 7.13. The highest BCUT2D eigenvalue weighted by atomic mass is 32.1. The number of hydrogen-bond donors (Lipinski definition) is 1. The predicted molar refractivity (Wildman–Crippen MR) is 99.6 cm³/mol. The molecule has 1 amide bonds. The molecule has 3 aromatic heterocycles. The molecule has 0 radical (unpaired) electrons. The molecule has 26 heavy (non-hydrogen) atoms. The molecule has 4 heterocycles. The number of piperidine rings is 1. The van der Waals surface area contributed by atoms with Gasteiger partial charge in [-0.25, -0.2) is 9.67 Å². The summed E-state index contributed by atoms with van der Waals surface area (Å²) in [5.74, 6) is 1.58. The minimum Gasteiger partial charge on any atom is -0.355 e. The summed E-state index contributed by atoms with van der Waals surface area (Å²) < 4.78 is 1.67. The molecule has 1 fully saturated rings. The molecule has 8 nitrogen and oxygen atoms in total. The Morgan fingerprint density at radius 2 is 2.00 bits per heavy atom. The molecule has 0 aromatic carbocycles. The summed E-state index contributed by atoms with van der Waals surface area (Å²) in [6, 6.07) is 5.69. The molecule has 0 spiro atoms. The van der Waals surface area contributed by atoms with Crippen LogP contribution in [-0.4, -0.2) is 44.0 Å². The second kappa shape index (κ2) is 7.20. The van der Waals surface area contributed by atoms with E-state index in [1.807, 2.05) is 36.7 Å². The maximum atomic E-state index is 12.4. The quantitative estimate of drug-likeness (QED) is 0.759. The van der Waals surface area contributed by atoms with Crippen LogP contribution in [0.2, 0.25) is 0 Å². The van der Waals surface area contributed by atoms with Gasteiger partial charge in [0.15, 0.2) is 16.8 Å². The van der Waals surface area contributed by atoms with Gasteiger partial charge in [-0.2, -0.15) is 5.10 Å². The highest BCUT2D eigenvalue weighted by Crippen LogP contribution is 2.24. The Hall–Kier alpha value is -2.81. The minimum absolute atomic E-state index is 0.00626. The van der Waals surface area contributed by atoms with Crippen LogP contribution < -0.4 is 10.2 Å². The summed E-state index contributed by atoms with van der Waals surface area (Å²) in [7, 11) is 0. The number of aryl methyl sites for hydroxylation is 1. The number of rotatable bonds is 4. The third-order valence-electron chi connectivity index (χ3n) is 4.41. The van der Waals surface area contributed by atoms with E-state index in [0.29, 0.717) is 10.9 Å². The van der Waals surface area contributed by atoms with Crippen LogP contribution in [0.15, 0.2) is 36.0 Å². The fourth-order valence-corrected chi connectivity index (χ4v) is 3.69. The first-order valence-corrected chi connectivity index (χ1v) is 9.39. The molecule has 0 bridgehead atoms. The van der Waals surface area contributed by atoms with Crippen molar-refractivity contribution in [2.45, 2.75) is 19.8 Å². The monoisotopic (exact) mass is 369 g/mol. The maximum absolute atomic E-state index is 12.4. The van der Waals surface area contributed by atoms with Crippen LogP contribution in [0.5, 0.6) is 0 Å². The molecule has 1 N–H and O–H groups in total. The fourth-order valence-electron chi connectivity index (χ4n) is 3.00. The number of aromatic nitrogens is 5. The molecular formula is C17H19N7OS. The van der Waals surface area contributed by atoms with E-state index in [-0.39, 0.29) is 11.8 Å². The molecule has 3 aromatic rings. The Labute approximate surface area is 154 Å². The van der Waals surface area contributed by atoms with Crippen molar-refractivity contribution in [2.24, 2.45) is 5.92 Å². The Bertz CT molecular complexity index is 867. The average molecular weight is 369 g/mol. The number of carbonyl (C=O) groups is 1. The molecule has 1 aliphatic rings. The molecule has 4 rings (SSSR count). The van der Waals surface area contributed by atoms with Gasteiger partial charge < -0.3 is 10.2 Å². The van der Waals surface area contributed by atoms with Crippen molar-refractivity contribution >= 4 is 28.2 Å². The minimum atomic E-state index is 0.00626.